The Morgan fingerprint density at radius 2 is 2.00 bits per heavy atom. The third-order valence-corrected chi connectivity index (χ3v) is 3.17. The number of likely N-dealkylation sites (tertiary alicyclic amines) is 1. The normalized spacial score (nSPS) is 17.9. The average molecular weight is 228 g/mol. The van der Waals surface area contributed by atoms with Crippen LogP contribution in [-0.4, -0.2) is 48.7 Å². The summed E-state index contributed by atoms with van der Waals surface area (Å²) in [7, 11) is 0. The molecule has 0 aliphatic carbocycles. The fourth-order valence-corrected chi connectivity index (χ4v) is 1.91. The summed E-state index contributed by atoms with van der Waals surface area (Å²) < 4.78 is 0. The van der Waals surface area contributed by atoms with Crippen molar-refractivity contribution in [3.8, 4) is 0 Å². The van der Waals surface area contributed by atoms with Gasteiger partial charge in [0.15, 0.2) is 0 Å². The number of hydrogen-bond acceptors (Lipinski definition) is 3. The first-order valence-electron chi connectivity index (χ1n) is 6.19. The van der Waals surface area contributed by atoms with Crippen LogP contribution >= 0.6 is 0 Å². The Kier molecular flexibility index (Phi) is 5.22. The molecule has 2 N–H and O–H groups in total. The minimum Gasteiger partial charge on any atom is -0.481 e. The minimum absolute atomic E-state index is 0.544. The van der Waals surface area contributed by atoms with Gasteiger partial charge < -0.3 is 15.3 Å². The van der Waals surface area contributed by atoms with E-state index < -0.39 is 11.4 Å². The SMILES string of the molecule is CC(C)(CNCCCN1CCCC1)C(=O)O. The molecule has 1 heterocycles. The molecule has 1 aliphatic heterocycles. The Morgan fingerprint density at radius 3 is 2.56 bits per heavy atom. The maximum Gasteiger partial charge on any atom is 0.310 e. The van der Waals surface area contributed by atoms with Gasteiger partial charge in [0, 0.05) is 6.54 Å². The Labute approximate surface area is 98.0 Å². The van der Waals surface area contributed by atoms with Crippen LogP contribution in [0.5, 0.6) is 0 Å². The van der Waals surface area contributed by atoms with Crippen LogP contribution < -0.4 is 5.32 Å². The van der Waals surface area contributed by atoms with Crippen LogP contribution in [0.4, 0.5) is 0 Å². The van der Waals surface area contributed by atoms with E-state index in [9.17, 15) is 4.79 Å². The molecule has 4 heteroatoms. The summed E-state index contributed by atoms with van der Waals surface area (Å²) in [4.78, 5) is 13.3. The molecule has 0 aromatic heterocycles. The van der Waals surface area contributed by atoms with Crippen molar-refractivity contribution in [1.82, 2.24) is 10.2 Å². The van der Waals surface area contributed by atoms with Gasteiger partial charge in [-0.05, 0) is 59.3 Å². The predicted molar refractivity (Wildman–Crippen MR) is 64.6 cm³/mol. The molecular weight excluding hydrogens is 204 g/mol. The summed E-state index contributed by atoms with van der Waals surface area (Å²) in [5.41, 5.74) is -0.659. The maximum absolute atomic E-state index is 10.8. The molecule has 0 saturated carbocycles. The van der Waals surface area contributed by atoms with Gasteiger partial charge in [-0.1, -0.05) is 0 Å². The number of carbonyl (C=O) groups is 1. The van der Waals surface area contributed by atoms with E-state index >= 15 is 0 Å². The van der Waals surface area contributed by atoms with Gasteiger partial charge in [-0.25, -0.2) is 0 Å². The number of nitrogens with one attached hydrogen (secondary N) is 1. The van der Waals surface area contributed by atoms with E-state index in [1.165, 1.54) is 25.9 Å². The largest absolute Gasteiger partial charge is 0.481 e. The van der Waals surface area contributed by atoms with Crippen molar-refractivity contribution >= 4 is 5.97 Å². The highest BCUT2D eigenvalue weighted by atomic mass is 16.4. The van der Waals surface area contributed by atoms with E-state index in [1.54, 1.807) is 13.8 Å². The quantitative estimate of drug-likeness (QED) is 0.642. The summed E-state index contributed by atoms with van der Waals surface area (Å²) >= 11 is 0. The highest BCUT2D eigenvalue weighted by molar-refractivity contribution is 5.73. The molecule has 4 nitrogen and oxygen atoms in total. The molecule has 0 unspecified atom stereocenters. The molecule has 16 heavy (non-hydrogen) atoms. The molecule has 0 atom stereocenters. The third-order valence-electron chi connectivity index (χ3n) is 3.17. The molecule has 0 spiro atoms. The van der Waals surface area contributed by atoms with Gasteiger partial charge in [0.1, 0.15) is 0 Å². The van der Waals surface area contributed by atoms with Gasteiger partial charge in [0.25, 0.3) is 0 Å². The molecule has 94 valence electrons. The molecule has 0 aromatic carbocycles. The van der Waals surface area contributed by atoms with Gasteiger partial charge in [-0.3, -0.25) is 4.79 Å². The van der Waals surface area contributed by atoms with Gasteiger partial charge >= 0.3 is 5.97 Å². The first-order chi connectivity index (χ1) is 7.52. The number of carboxylic acid groups (broad SMARTS) is 1. The molecular formula is C12H24N2O2. The number of hydrogen-bond donors (Lipinski definition) is 2. The lowest BCUT2D eigenvalue weighted by molar-refractivity contribution is -0.146. The first kappa shape index (κ1) is 13.5. The highest BCUT2D eigenvalue weighted by Gasteiger charge is 2.26. The van der Waals surface area contributed by atoms with Crippen molar-refractivity contribution < 1.29 is 9.90 Å². The van der Waals surface area contributed by atoms with E-state index in [0.717, 1.165) is 19.5 Å². The van der Waals surface area contributed by atoms with E-state index in [1.807, 2.05) is 0 Å². The summed E-state index contributed by atoms with van der Waals surface area (Å²) in [6.45, 7) is 8.57. The Balaban J connectivity index is 2.01. The van der Waals surface area contributed by atoms with Gasteiger partial charge in [0.2, 0.25) is 0 Å². The van der Waals surface area contributed by atoms with Crippen LogP contribution in [-0.2, 0) is 4.79 Å². The Bertz CT molecular complexity index is 223. The summed E-state index contributed by atoms with van der Waals surface area (Å²) in [6.07, 6.45) is 3.77. The molecule has 1 rings (SSSR count). The molecule has 1 saturated heterocycles. The van der Waals surface area contributed by atoms with Crippen molar-refractivity contribution in [2.75, 3.05) is 32.7 Å². The first-order valence-corrected chi connectivity index (χ1v) is 6.19. The number of aliphatic carboxylic acids is 1. The molecule has 1 aliphatic rings. The van der Waals surface area contributed by atoms with E-state index in [0.29, 0.717) is 6.54 Å². The standard InChI is InChI=1S/C12H24N2O2/c1-12(2,11(15)16)10-13-6-5-9-14-7-3-4-8-14/h13H,3-10H2,1-2H3,(H,15,16). The third kappa shape index (κ3) is 4.49. The fraction of sp³-hybridized carbons (Fsp3) is 0.917. The van der Waals surface area contributed by atoms with E-state index in [4.69, 9.17) is 5.11 Å². The van der Waals surface area contributed by atoms with Crippen molar-refractivity contribution in [2.45, 2.75) is 33.1 Å². The Hall–Kier alpha value is -0.610. The van der Waals surface area contributed by atoms with Crippen LogP contribution in [0.2, 0.25) is 0 Å². The second kappa shape index (κ2) is 6.21. The zero-order valence-corrected chi connectivity index (χ0v) is 10.5. The highest BCUT2D eigenvalue weighted by Crippen LogP contribution is 2.13. The predicted octanol–water partition coefficient (Wildman–Crippen LogP) is 1.17. The summed E-state index contributed by atoms with van der Waals surface area (Å²) in [5, 5.41) is 12.1. The average Bonchev–Trinajstić information content (AvgIpc) is 2.69. The Morgan fingerprint density at radius 1 is 1.38 bits per heavy atom. The van der Waals surface area contributed by atoms with Crippen LogP contribution in [0.25, 0.3) is 0 Å². The van der Waals surface area contributed by atoms with Crippen LogP contribution in [0.1, 0.15) is 33.1 Å². The van der Waals surface area contributed by atoms with E-state index in [-0.39, 0.29) is 0 Å². The van der Waals surface area contributed by atoms with Crippen LogP contribution in [0, 0.1) is 5.41 Å². The van der Waals surface area contributed by atoms with Gasteiger partial charge in [-0.2, -0.15) is 0 Å². The molecule has 1 fully saturated rings. The lowest BCUT2D eigenvalue weighted by Gasteiger charge is -2.20. The van der Waals surface area contributed by atoms with Crippen molar-refractivity contribution in [3.63, 3.8) is 0 Å². The van der Waals surface area contributed by atoms with Gasteiger partial charge in [0.05, 0.1) is 5.41 Å². The lowest BCUT2D eigenvalue weighted by atomic mass is 9.94. The second-order valence-electron chi connectivity index (χ2n) is 5.27. The van der Waals surface area contributed by atoms with Gasteiger partial charge in [-0.15, -0.1) is 0 Å². The van der Waals surface area contributed by atoms with Crippen molar-refractivity contribution in [3.05, 3.63) is 0 Å². The van der Waals surface area contributed by atoms with Crippen LogP contribution in [0.3, 0.4) is 0 Å². The van der Waals surface area contributed by atoms with Crippen LogP contribution in [0.15, 0.2) is 0 Å². The molecule has 0 radical (unpaired) electrons. The second-order valence-corrected chi connectivity index (χ2v) is 5.27. The maximum atomic E-state index is 10.8. The molecule has 0 bridgehead atoms. The smallest absolute Gasteiger partial charge is 0.310 e. The zero-order chi connectivity index (χ0) is 12.0. The molecule has 0 amide bonds. The number of rotatable bonds is 7. The molecule has 0 aromatic rings. The monoisotopic (exact) mass is 228 g/mol. The van der Waals surface area contributed by atoms with Crippen molar-refractivity contribution in [1.29, 1.82) is 0 Å². The van der Waals surface area contributed by atoms with Crippen molar-refractivity contribution in [2.24, 2.45) is 5.41 Å². The number of carboxylic acids is 1. The lowest BCUT2D eigenvalue weighted by Crippen LogP contribution is -2.37. The summed E-state index contributed by atoms with van der Waals surface area (Å²) in [6, 6.07) is 0. The number of nitrogens with zero attached hydrogens (tertiary/aromatic N) is 1. The van der Waals surface area contributed by atoms with E-state index in [2.05, 4.69) is 10.2 Å². The fourth-order valence-electron chi connectivity index (χ4n) is 1.91. The minimum atomic E-state index is -0.737. The summed E-state index contributed by atoms with van der Waals surface area (Å²) in [5.74, 6) is -0.737. The zero-order valence-electron chi connectivity index (χ0n) is 10.5. The topological polar surface area (TPSA) is 52.6 Å².